The van der Waals surface area contributed by atoms with E-state index in [1.807, 2.05) is 44.2 Å². The number of carboxylic acid groups (broad SMARTS) is 1. The molecule has 2 bridgehead atoms. The average molecular weight is 521 g/mol. The number of ether oxygens (including phenoxy) is 1. The zero-order chi connectivity index (χ0) is 26.4. The van der Waals surface area contributed by atoms with E-state index in [9.17, 15) is 22.6 Å². The molecule has 0 heterocycles. The fourth-order valence-corrected chi connectivity index (χ4v) is 7.33. The van der Waals surface area contributed by atoms with E-state index in [1.165, 1.54) is 6.42 Å². The van der Waals surface area contributed by atoms with Gasteiger partial charge in [0, 0.05) is 12.0 Å². The first-order valence-corrected chi connectivity index (χ1v) is 14.7. The molecule has 8 heteroatoms. The standard InChI is InChI=1S/C28H40O7S/c1-27(2)24-16-17-28(27,20-36(32,33)34)26(31)23(24)19-21-12-14-22(15-13-21)35-18-10-8-6-4-3-5-7-9-11-25(29)30/h12-15,19,24H,3-11,16-18,20H2,1-2H3,(H,29,30)(H,32,33,34). The summed E-state index contributed by atoms with van der Waals surface area (Å²) in [6.45, 7) is 4.52. The van der Waals surface area contributed by atoms with E-state index < -0.39 is 32.7 Å². The monoisotopic (exact) mass is 520 g/mol. The van der Waals surface area contributed by atoms with E-state index in [2.05, 4.69) is 0 Å². The lowest BCUT2D eigenvalue weighted by atomic mass is 9.70. The Morgan fingerprint density at radius 1 is 1.03 bits per heavy atom. The molecule has 0 aliphatic heterocycles. The lowest BCUT2D eigenvalue weighted by Gasteiger charge is -2.34. The van der Waals surface area contributed by atoms with Crippen LogP contribution in [0.4, 0.5) is 0 Å². The van der Waals surface area contributed by atoms with E-state index in [0.717, 1.165) is 62.7 Å². The summed E-state index contributed by atoms with van der Waals surface area (Å²) < 4.78 is 38.7. The van der Waals surface area contributed by atoms with Crippen LogP contribution in [0.15, 0.2) is 29.8 Å². The Labute approximate surface area is 215 Å². The number of unbranched alkanes of at least 4 members (excludes halogenated alkanes) is 7. The molecule has 3 rings (SSSR count). The van der Waals surface area contributed by atoms with Gasteiger partial charge in [-0.1, -0.05) is 64.5 Å². The second-order valence-electron chi connectivity index (χ2n) is 10.9. The van der Waals surface area contributed by atoms with Gasteiger partial charge in [-0.25, -0.2) is 0 Å². The summed E-state index contributed by atoms with van der Waals surface area (Å²) in [6, 6.07) is 7.60. The maximum absolute atomic E-state index is 13.3. The highest BCUT2D eigenvalue weighted by Crippen LogP contribution is 2.66. The van der Waals surface area contributed by atoms with Gasteiger partial charge >= 0.3 is 5.97 Å². The average Bonchev–Trinajstić information content (AvgIpc) is 3.12. The molecule has 2 aliphatic rings. The van der Waals surface area contributed by atoms with Crippen molar-refractivity contribution in [1.29, 1.82) is 0 Å². The highest BCUT2D eigenvalue weighted by Gasteiger charge is 2.67. The molecule has 0 spiro atoms. The highest BCUT2D eigenvalue weighted by atomic mass is 32.2. The van der Waals surface area contributed by atoms with Crippen molar-refractivity contribution >= 4 is 27.9 Å². The topological polar surface area (TPSA) is 118 Å². The van der Waals surface area contributed by atoms with Gasteiger partial charge in [0.2, 0.25) is 0 Å². The molecule has 2 fully saturated rings. The fourth-order valence-electron chi connectivity index (χ4n) is 6.06. The number of Topliss-reactive ketones (excluding diaryl/α,β-unsaturated/α-hetero) is 1. The second kappa shape index (κ2) is 11.9. The number of carboxylic acids is 1. The van der Waals surface area contributed by atoms with Crippen molar-refractivity contribution in [2.75, 3.05) is 12.4 Å². The fraction of sp³-hybridized carbons (Fsp3) is 0.643. The maximum atomic E-state index is 13.3. The number of fused-ring (bicyclic) bond motifs is 2. The molecule has 0 radical (unpaired) electrons. The molecule has 1 aromatic rings. The van der Waals surface area contributed by atoms with Gasteiger partial charge in [-0.15, -0.1) is 0 Å². The minimum absolute atomic E-state index is 0.0209. The molecule has 2 aliphatic carbocycles. The summed E-state index contributed by atoms with van der Waals surface area (Å²) in [5.74, 6) is -0.625. The number of aliphatic carboxylic acids is 1. The molecule has 36 heavy (non-hydrogen) atoms. The van der Waals surface area contributed by atoms with Gasteiger partial charge in [0.1, 0.15) is 5.75 Å². The summed E-state index contributed by atoms with van der Waals surface area (Å²) in [4.78, 5) is 23.8. The smallest absolute Gasteiger partial charge is 0.303 e. The first-order chi connectivity index (χ1) is 17.0. The predicted molar refractivity (Wildman–Crippen MR) is 139 cm³/mol. The molecule has 2 atom stereocenters. The summed E-state index contributed by atoms with van der Waals surface area (Å²) >= 11 is 0. The third-order valence-electron chi connectivity index (χ3n) is 8.22. The summed E-state index contributed by atoms with van der Waals surface area (Å²) in [5.41, 5.74) is -0.0415. The van der Waals surface area contributed by atoms with Crippen LogP contribution in [0.25, 0.3) is 6.08 Å². The molecule has 1 aromatic carbocycles. The van der Waals surface area contributed by atoms with Crippen molar-refractivity contribution in [3.8, 4) is 5.75 Å². The minimum Gasteiger partial charge on any atom is -0.494 e. The molecule has 2 unspecified atom stereocenters. The number of hydrogen-bond donors (Lipinski definition) is 2. The lowest BCUT2D eigenvalue weighted by molar-refractivity contribution is -0.137. The van der Waals surface area contributed by atoms with Crippen LogP contribution in [-0.4, -0.2) is 42.2 Å². The van der Waals surface area contributed by atoms with Gasteiger partial charge in [0.05, 0.1) is 17.8 Å². The van der Waals surface area contributed by atoms with E-state index in [1.54, 1.807) is 0 Å². The molecular formula is C28H40O7S. The SMILES string of the molecule is CC1(C)C2CCC1(CS(=O)(=O)O)C(=O)C2=Cc1ccc(OCCCCCCCCCCC(=O)O)cc1. The number of rotatable bonds is 15. The summed E-state index contributed by atoms with van der Waals surface area (Å²) in [6.07, 6.45) is 11.8. The van der Waals surface area contributed by atoms with Crippen LogP contribution in [-0.2, 0) is 19.7 Å². The first kappa shape index (κ1) is 28.4. The van der Waals surface area contributed by atoms with Crippen LogP contribution in [0.3, 0.4) is 0 Å². The Hall–Kier alpha value is -2.19. The van der Waals surface area contributed by atoms with Gasteiger partial charge in [-0.05, 0) is 60.8 Å². The second-order valence-corrected chi connectivity index (χ2v) is 12.4. The number of ketones is 1. The van der Waals surface area contributed by atoms with Gasteiger partial charge in [-0.2, -0.15) is 8.42 Å². The van der Waals surface area contributed by atoms with Crippen molar-refractivity contribution in [3.05, 3.63) is 35.4 Å². The molecule has 200 valence electrons. The first-order valence-electron chi connectivity index (χ1n) is 13.1. The Kier molecular flexibility index (Phi) is 9.39. The largest absolute Gasteiger partial charge is 0.494 e. The van der Waals surface area contributed by atoms with Crippen molar-refractivity contribution in [3.63, 3.8) is 0 Å². The predicted octanol–water partition coefficient (Wildman–Crippen LogP) is 5.94. The van der Waals surface area contributed by atoms with Crippen LogP contribution in [0, 0.1) is 16.7 Å². The van der Waals surface area contributed by atoms with Gasteiger partial charge in [0.25, 0.3) is 10.1 Å². The Balaban J connectivity index is 1.43. The van der Waals surface area contributed by atoms with Crippen LogP contribution < -0.4 is 4.74 Å². The normalized spacial score (nSPS) is 23.9. The molecular weight excluding hydrogens is 480 g/mol. The molecule has 0 saturated heterocycles. The number of allylic oxidation sites excluding steroid dienone is 1. The van der Waals surface area contributed by atoms with Crippen molar-refractivity contribution in [2.24, 2.45) is 16.7 Å². The van der Waals surface area contributed by atoms with Crippen LogP contribution in [0.5, 0.6) is 5.75 Å². The molecule has 0 aromatic heterocycles. The number of carbonyl (C=O) groups excluding carboxylic acids is 1. The van der Waals surface area contributed by atoms with Gasteiger partial charge < -0.3 is 9.84 Å². The van der Waals surface area contributed by atoms with Gasteiger partial charge in [-0.3, -0.25) is 14.1 Å². The van der Waals surface area contributed by atoms with E-state index in [4.69, 9.17) is 9.84 Å². The van der Waals surface area contributed by atoms with Crippen LogP contribution in [0.1, 0.15) is 90.0 Å². The maximum Gasteiger partial charge on any atom is 0.303 e. The highest BCUT2D eigenvalue weighted by molar-refractivity contribution is 7.85. The quantitative estimate of drug-likeness (QED) is 0.167. The Morgan fingerprint density at radius 3 is 2.19 bits per heavy atom. The van der Waals surface area contributed by atoms with Gasteiger partial charge in [0.15, 0.2) is 5.78 Å². The number of benzene rings is 1. The third-order valence-corrected chi connectivity index (χ3v) is 9.08. The Bertz CT molecular complexity index is 1060. The van der Waals surface area contributed by atoms with Crippen LogP contribution >= 0.6 is 0 Å². The van der Waals surface area contributed by atoms with E-state index >= 15 is 0 Å². The minimum atomic E-state index is -4.26. The van der Waals surface area contributed by atoms with Crippen LogP contribution in [0.2, 0.25) is 0 Å². The molecule has 7 nitrogen and oxygen atoms in total. The summed E-state index contributed by atoms with van der Waals surface area (Å²) in [7, 11) is -4.26. The van der Waals surface area contributed by atoms with Crippen molar-refractivity contribution in [2.45, 2.75) is 84.5 Å². The Morgan fingerprint density at radius 2 is 1.61 bits per heavy atom. The molecule has 2 saturated carbocycles. The van der Waals surface area contributed by atoms with Crippen molar-refractivity contribution < 1.29 is 32.4 Å². The van der Waals surface area contributed by atoms with E-state index in [-0.39, 0.29) is 18.1 Å². The third kappa shape index (κ3) is 6.76. The number of carbonyl (C=O) groups is 2. The van der Waals surface area contributed by atoms with Crippen molar-refractivity contribution in [1.82, 2.24) is 0 Å². The number of hydrogen-bond acceptors (Lipinski definition) is 5. The lowest BCUT2D eigenvalue weighted by Crippen LogP contribution is -2.42. The zero-order valence-electron chi connectivity index (χ0n) is 21.5. The molecule has 2 N–H and O–H groups in total. The zero-order valence-corrected chi connectivity index (χ0v) is 22.3. The molecule has 0 amide bonds. The van der Waals surface area contributed by atoms with E-state index in [0.29, 0.717) is 18.6 Å². The summed E-state index contributed by atoms with van der Waals surface area (Å²) in [5, 5.41) is 8.63.